The van der Waals surface area contributed by atoms with Crippen molar-refractivity contribution in [2.24, 2.45) is 0 Å². The first-order valence-electron chi connectivity index (χ1n) is 7.07. The van der Waals surface area contributed by atoms with E-state index < -0.39 is 4.92 Å². The number of benzene rings is 1. The number of nitrogens with one attached hydrogen (secondary N) is 1. The van der Waals surface area contributed by atoms with Gasteiger partial charge in [-0.1, -0.05) is 11.6 Å². The lowest BCUT2D eigenvalue weighted by atomic mass is 10.1. The van der Waals surface area contributed by atoms with Gasteiger partial charge in [-0.15, -0.1) is 0 Å². The molecule has 0 bridgehead atoms. The van der Waals surface area contributed by atoms with Crippen LogP contribution >= 0.6 is 11.6 Å². The van der Waals surface area contributed by atoms with Crippen molar-refractivity contribution < 1.29 is 9.72 Å². The molecule has 1 aliphatic heterocycles. The second kappa shape index (κ2) is 5.52. The van der Waals surface area contributed by atoms with E-state index in [-0.39, 0.29) is 17.6 Å². The van der Waals surface area contributed by atoms with E-state index in [4.69, 9.17) is 11.6 Å². The van der Waals surface area contributed by atoms with Gasteiger partial charge in [0, 0.05) is 23.7 Å². The number of hydrogen-bond donors (Lipinski definition) is 1. The Hall–Kier alpha value is -1.82. The van der Waals surface area contributed by atoms with E-state index in [1.54, 1.807) is 12.1 Å². The van der Waals surface area contributed by atoms with Crippen molar-refractivity contribution >= 4 is 28.9 Å². The minimum atomic E-state index is -0.449. The van der Waals surface area contributed by atoms with E-state index in [1.807, 2.05) is 4.90 Å². The summed E-state index contributed by atoms with van der Waals surface area (Å²) in [6.45, 7) is 0.644. The van der Waals surface area contributed by atoms with Crippen LogP contribution in [0.3, 0.4) is 0 Å². The van der Waals surface area contributed by atoms with Gasteiger partial charge in [0.2, 0.25) is 5.91 Å². The topological polar surface area (TPSA) is 75.5 Å². The fourth-order valence-electron chi connectivity index (χ4n) is 2.74. The summed E-state index contributed by atoms with van der Waals surface area (Å²) in [6.07, 6.45) is 3.62. The Balaban J connectivity index is 1.87. The van der Waals surface area contributed by atoms with E-state index >= 15 is 0 Å². The minimum absolute atomic E-state index is 0.0285. The lowest BCUT2D eigenvalue weighted by Gasteiger charge is -2.25. The van der Waals surface area contributed by atoms with Gasteiger partial charge in [0.15, 0.2) is 0 Å². The fourth-order valence-corrected chi connectivity index (χ4v) is 2.90. The number of anilines is 1. The Morgan fingerprint density at radius 3 is 2.81 bits per heavy atom. The number of nitro benzene ring substituents is 1. The molecule has 0 spiro atoms. The first-order chi connectivity index (χ1) is 10.1. The van der Waals surface area contributed by atoms with Crippen molar-refractivity contribution in [1.29, 1.82) is 0 Å². The summed E-state index contributed by atoms with van der Waals surface area (Å²) in [5, 5.41) is 14.5. The maximum Gasteiger partial charge on any atom is 0.294 e. The summed E-state index contributed by atoms with van der Waals surface area (Å²) < 4.78 is 0. The molecule has 1 N–H and O–H groups in total. The summed E-state index contributed by atoms with van der Waals surface area (Å²) in [6, 6.07) is 4.55. The quantitative estimate of drug-likeness (QED) is 0.685. The third-order valence-electron chi connectivity index (χ3n) is 3.92. The zero-order valence-electron chi connectivity index (χ0n) is 11.4. The highest BCUT2D eigenvalue weighted by molar-refractivity contribution is 6.30. The van der Waals surface area contributed by atoms with Gasteiger partial charge in [0.1, 0.15) is 11.7 Å². The number of nitrogens with zero attached hydrogens (tertiary/aromatic N) is 2. The van der Waals surface area contributed by atoms with Crippen molar-refractivity contribution in [3.05, 3.63) is 33.3 Å². The van der Waals surface area contributed by atoms with Crippen LogP contribution in [0.2, 0.25) is 5.02 Å². The van der Waals surface area contributed by atoms with Gasteiger partial charge in [-0.25, -0.2) is 0 Å². The van der Waals surface area contributed by atoms with Gasteiger partial charge in [0.05, 0.1) is 4.92 Å². The normalized spacial score (nSPS) is 21.4. The minimum Gasteiger partial charge on any atom is -0.354 e. The molecule has 3 rings (SSSR count). The fraction of sp³-hybridized carbons (Fsp3) is 0.500. The molecule has 0 radical (unpaired) electrons. The third-order valence-corrected chi connectivity index (χ3v) is 4.16. The number of rotatable bonds is 4. The number of carbonyl (C=O) groups excluding carboxylic acids is 1. The summed E-state index contributed by atoms with van der Waals surface area (Å²) in [5.41, 5.74) is 0.423. The molecular formula is C14H16ClN3O3. The Labute approximate surface area is 127 Å². The molecule has 21 heavy (non-hydrogen) atoms. The Bertz CT molecular complexity index is 589. The number of carbonyl (C=O) groups is 1. The van der Waals surface area contributed by atoms with Crippen LogP contribution in [-0.4, -0.2) is 29.5 Å². The van der Waals surface area contributed by atoms with Crippen LogP contribution < -0.4 is 10.2 Å². The van der Waals surface area contributed by atoms with Crippen LogP contribution in [0.1, 0.15) is 25.7 Å². The highest BCUT2D eigenvalue weighted by Gasteiger charge is 2.36. The highest BCUT2D eigenvalue weighted by atomic mass is 35.5. The average molecular weight is 310 g/mol. The van der Waals surface area contributed by atoms with Crippen LogP contribution in [0.4, 0.5) is 11.4 Å². The lowest BCUT2D eigenvalue weighted by Crippen LogP contribution is -2.44. The van der Waals surface area contributed by atoms with E-state index in [2.05, 4.69) is 5.32 Å². The van der Waals surface area contributed by atoms with Gasteiger partial charge in [-0.2, -0.15) is 0 Å². The predicted octanol–water partition coefficient (Wildman–Crippen LogP) is 2.50. The Kier molecular flexibility index (Phi) is 3.71. The zero-order valence-corrected chi connectivity index (χ0v) is 12.2. The second-order valence-electron chi connectivity index (χ2n) is 5.52. The first-order valence-corrected chi connectivity index (χ1v) is 7.45. The molecule has 1 aromatic carbocycles. The first kappa shape index (κ1) is 14.1. The van der Waals surface area contributed by atoms with Crippen LogP contribution in [-0.2, 0) is 4.79 Å². The summed E-state index contributed by atoms with van der Waals surface area (Å²) in [5.74, 6) is -0.0285. The Morgan fingerprint density at radius 1 is 1.38 bits per heavy atom. The van der Waals surface area contributed by atoms with Crippen LogP contribution in [0.15, 0.2) is 18.2 Å². The number of amides is 1. The largest absolute Gasteiger partial charge is 0.354 e. The van der Waals surface area contributed by atoms with E-state index in [0.717, 1.165) is 25.7 Å². The van der Waals surface area contributed by atoms with E-state index in [0.29, 0.717) is 23.3 Å². The summed E-state index contributed by atoms with van der Waals surface area (Å²) >= 11 is 5.84. The van der Waals surface area contributed by atoms with Gasteiger partial charge < -0.3 is 10.2 Å². The second-order valence-corrected chi connectivity index (χ2v) is 5.96. The molecule has 112 valence electrons. The van der Waals surface area contributed by atoms with Crippen molar-refractivity contribution in [1.82, 2.24) is 5.32 Å². The molecular weight excluding hydrogens is 294 g/mol. The zero-order chi connectivity index (χ0) is 15.0. The van der Waals surface area contributed by atoms with Crippen LogP contribution in [0.25, 0.3) is 0 Å². The molecule has 1 saturated heterocycles. The van der Waals surface area contributed by atoms with Crippen molar-refractivity contribution in [3.8, 4) is 0 Å². The molecule has 1 amide bonds. The van der Waals surface area contributed by atoms with Crippen molar-refractivity contribution in [2.45, 2.75) is 37.8 Å². The molecule has 6 nitrogen and oxygen atoms in total. The average Bonchev–Trinajstić information content (AvgIpc) is 3.12. The molecule has 1 aromatic rings. The Morgan fingerprint density at radius 2 is 2.14 bits per heavy atom. The molecule has 2 fully saturated rings. The maximum absolute atomic E-state index is 12.3. The van der Waals surface area contributed by atoms with Crippen LogP contribution in [0.5, 0.6) is 0 Å². The lowest BCUT2D eigenvalue weighted by molar-refractivity contribution is -0.384. The van der Waals surface area contributed by atoms with Crippen molar-refractivity contribution in [2.75, 3.05) is 11.4 Å². The number of hydrogen-bond acceptors (Lipinski definition) is 4. The SMILES string of the molecule is O=C(NC1CC1)[C@H]1CCCN1c1ccc(Cl)cc1[N+](=O)[O-]. The third kappa shape index (κ3) is 2.95. The summed E-state index contributed by atoms with van der Waals surface area (Å²) in [7, 11) is 0. The standard InChI is InChI=1S/C14H16ClN3O3/c15-9-3-6-11(13(8-9)18(20)21)17-7-1-2-12(17)14(19)16-10-4-5-10/h3,6,8,10,12H,1-2,4-5,7H2,(H,16,19)/t12-/m1/s1. The number of nitro groups is 1. The smallest absolute Gasteiger partial charge is 0.294 e. The molecule has 0 aromatic heterocycles. The number of halogens is 1. The van der Waals surface area contributed by atoms with Gasteiger partial charge in [0.25, 0.3) is 5.69 Å². The van der Waals surface area contributed by atoms with Gasteiger partial charge in [-0.05, 0) is 37.8 Å². The highest BCUT2D eigenvalue weighted by Crippen LogP contribution is 2.35. The van der Waals surface area contributed by atoms with Gasteiger partial charge in [-0.3, -0.25) is 14.9 Å². The van der Waals surface area contributed by atoms with Crippen LogP contribution in [0, 0.1) is 10.1 Å². The molecule has 1 atom stereocenters. The summed E-state index contributed by atoms with van der Waals surface area (Å²) in [4.78, 5) is 24.9. The monoisotopic (exact) mass is 309 g/mol. The van der Waals surface area contributed by atoms with E-state index in [1.165, 1.54) is 6.07 Å². The molecule has 0 unspecified atom stereocenters. The van der Waals surface area contributed by atoms with Crippen molar-refractivity contribution in [3.63, 3.8) is 0 Å². The maximum atomic E-state index is 12.3. The molecule has 1 aliphatic carbocycles. The molecule has 1 saturated carbocycles. The predicted molar refractivity (Wildman–Crippen MR) is 79.6 cm³/mol. The van der Waals surface area contributed by atoms with E-state index in [9.17, 15) is 14.9 Å². The van der Waals surface area contributed by atoms with Gasteiger partial charge >= 0.3 is 0 Å². The molecule has 2 aliphatic rings. The molecule has 7 heteroatoms. The molecule has 1 heterocycles.